The van der Waals surface area contributed by atoms with Crippen molar-refractivity contribution < 1.29 is 9.47 Å². The summed E-state index contributed by atoms with van der Waals surface area (Å²) in [5.41, 5.74) is 3.87. The van der Waals surface area contributed by atoms with E-state index in [2.05, 4.69) is 31.0 Å². The van der Waals surface area contributed by atoms with E-state index in [0.717, 1.165) is 12.8 Å². The van der Waals surface area contributed by atoms with E-state index in [4.69, 9.17) is 15.2 Å². The summed E-state index contributed by atoms with van der Waals surface area (Å²) in [7, 11) is 0. The minimum absolute atomic E-state index is 0.176. The Kier molecular flexibility index (Phi) is 4.21. The second kappa shape index (κ2) is 5.53. The van der Waals surface area contributed by atoms with Crippen LogP contribution in [-0.4, -0.2) is 25.0 Å². The predicted molar refractivity (Wildman–Crippen MR) is 81.3 cm³/mol. The van der Waals surface area contributed by atoms with Crippen LogP contribution in [0.3, 0.4) is 0 Å². The van der Waals surface area contributed by atoms with Gasteiger partial charge < -0.3 is 15.2 Å². The lowest BCUT2D eigenvalue weighted by Gasteiger charge is -2.32. The standard InChI is InChI=1S/C16H24N4O2/c1-5-11(6-2)12-14(9-17)13(19)20-16(21-7-3,22-8-4)15(12,14)10-18/h11-12H,5-8H2,1-4H3,(H2,19,20)/t12-,14+,15+/m0/s1. The van der Waals surface area contributed by atoms with Crippen molar-refractivity contribution in [2.45, 2.75) is 46.4 Å². The molecule has 1 fully saturated rings. The van der Waals surface area contributed by atoms with Crippen molar-refractivity contribution >= 4 is 5.84 Å². The van der Waals surface area contributed by atoms with E-state index in [-0.39, 0.29) is 17.7 Å². The maximum Gasteiger partial charge on any atom is 0.293 e. The van der Waals surface area contributed by atoms with Crippen LogP contribution in [0.2, 0.25) is 0 Å². The van der Waals surface area contributed by atoms with Gasteiger partial charge in [0, 0.05) is 19.1 Å². The Morgan fingerprint density at radius 1 is 1.14 bits per heavy atom. The number of hydrogen-bond acceptors (Lipinski definition) is 6. The van der Waals surface area contributed by atoms with Crippen LogP contribution in [0.25, 0.3) is 0 Å². The number of fused-ring (bicyclic) bond motifs is 1. The highest BCUT2D eigenvalue weighted by molar-refractivity contribution is 5.98. The first-order valence-electron chi connectivity index (χ1n) is 7.97. The van der Waals surface area contributed by atoms with Crippen molar-refractivity contribution in [3.8, 4) is 12.1 Å². The minimum atomic E-state index is -1.46. The fourth-order valence-corrected chi connectivity index (χ4v) is 4.28. The summed E-state index contributed by atoms with van der Waals surface area (Å²) in [5, 5.41) is 19.8. The van der Waals surface area contributed by atoms with Crippen molar-refractivity contribution in [3.05, 3.63) is 0 Å². The third kappa shape index (κ3) is 1.57. The van der Waals surface area contributed by atoms with Gasteiger partial charge in [0.15, 0.2) is 5.41 Å². The largest absolute Gasteiger partial charge is 0.386 e. The van der Waals surface area contributed by atoms with Gasteiger partial charge in [-0.05, 0) is 19.8 Å². The summed E-state index contributed by atoms with van der Waals surface area (Å²) in [5.74, 6) is -1.29. The minimum Gasteiger partial charge on any atom is -0.386 e. The van der Waals surface area contributed by atoms with Gasteiger partial charge in [0.05, 0.1) is 12.1 Å². The van der Waals surface area contributed by atoms with Crippen molar-refractivity contribution in [2.75, 3.05) is 13.2 Å². The van der Waals surface area contributed by atoms with Crippen LogP contribution in [0.1, 0.15) is 40.5 Å². The summed E-state index contributed by atoms with van der Waals surface area (Å²) in [6.45, 7) is 8.43. The quantitative estimate of drug-likeness (QED) is 0.726. The highest BCUT2D eigenvalue weighted by atomic mass is 16.7. The van der Waals surface area contributed by atoms with Crippen LogP contribution in [0.15, 0.2) is 4.99 Å². The van der Waals surface area contributed by atoms with Gasteiger partial charge in [-0.1, -0.05) is 26.7 Å². The number of nitriles is 2. The third-order valence-electron chi connectivity index (χ3n) is 5.19. The van der Waals surface area contributed by atoms with Crippen molar-refractivity contribution in [1.29, 1.82) is 10.5 Å². The fraction of sp³-hybridized carbons (Fsp3) is 0.812. The van der Waals surface area contributed by atoms with Crippen LogP contribution in [-0.2, 0) is 9.47 Å². The molecule has 2 N–H and O–H groups in total. The SMILES string of the molecule is CCOC1(OCC)N=C(N)[C@@]2(C#N)[C@H](C(CC)CC)[C@@]12C#N. The van der Waals surface area contributed by atoms with Gasteiger partial charge in [0.1, 0.15) is 11.3 Å². The van der Waals surface area contributed by atoms with Crippen LogP contribution in [0, 0.1) is 45.3 Å². The summed E-state index contributed by atoms with van der Waals surface area (Å²) < 4.78 is 11.6. The van der Waals surface area contributed by atoms with E-state index in [0.29, 0.717) is 13.2 Å². The van der Waals surface area contributed by atoms with Gasteiger partial charge in [0.25, 0.3) is 5.91 Å². The molecule has 0 bridgehead atoms. The average Bonchev–Trinajstić information content (AvgIpc) is 3.07. The van der Waals surface area contributed by atoms with Crippen LogP contribution >= 0.6 is 0 Å². The molecule has 0 amide bonds. The van der Waals surface area contributed by atoms with Gasteiger partial charge in [-0.2, -0.15) is 10.5 Å². The fourth-order valence-electron chi connectivity index (χ4n) is 4.28. The molecule has 0 saturated heterocycles. The lowest BCUT2D eigenvalue weighted by atomic mass is 9.89. The molecule has 1 aliphatic carbocycles. The molecule has 2 rings (SSSR count). The topological polar surface area (TPSA) is 104 Å². The van der Waals surface area contributed by atoms with Gasteiger partial charge in [-0.15, -0.1) is 0 Å². The molecule has 0 spiro atoms. The maximum absolute atomic E-state index is 9.99. The summed E-state index contributed by atoms with van der Waals surface area (Å²) in [4.78, 5) is 4.32. The van der Waals surface area contributed by atoms with Gasteiger partial charge in [-0.25, -0.2) is 4.99 Å². The summed E-state index contributed by atoms with van der Waals surface area (Å²) >= 11 is 0. The molecule has 6 nitrogen and oxygen atoms in total. The molecule has 1 aliphatic heterocycles. The van der Waals surface area contributed by atoms with Crippen molar-refractivity contribution in [2.24, 2.45) is 33.4 Å². The zero-order valence-electron chi connectivity index (χ0n) is 13.7. The molecule has 0 aromatic rings. The number of rotatable bonds is 7. The monoisotopic (exact) mass is 304 g/mol. The van der Waals surface area contributed by atoms with Gasteiger partial charge in [-0.3, -0.25) is 0 Å². The van der Waals surface area contributed by atoms with Crippen molar-refractivity contribution in [3.63, 3.8) is 0 Å². The van der Waals surface area contributed by atoms with Gasteiger partial charge in [0.2, 0.25) is 0 Å². The molecule has 1 heterocycles. The highest BCUT2D eigenvalue weighted by Gasteiger charge is 2.94. The number of nitrogens with zero attached hydrogens (tertiary/aromatic N) is 3. The van der Waals surface area contributed by atoms with E-state index < -0.39 is 16.7 Å². The zero-order valence-corrected chi connectivity index (χ0v) is 13.7. The number of ether oxygens (including phenoxy) is 2. The molecule has 2 aliphatic rings. The van der Waals surface area contributed by atoms with Crippen molar-refractivity contribution in [1.82, 2.24) is 0 Å². The van der Waals surface area contributed by atoms with Gasteiger partial charge >= 0.3 is 0 Å². The number of aliphatic imine (C=N–C) groups is 1. The predicted octanol–water partition coefficient (Wildman–Crippen LogP) is 2.17. The molecule has 1 saturated carbocycles. The van der Waals surface area contributed by atoms with E-state index in [1.165, 1.54) is 0 Å². The second-order valence-electron chi connectivity index (χ2n) is 5.84. The number of nitrogens with two attached hydrogens (primary N) is 1. The third-order valence-corrected chi connectivity index (χ3v) is 5.19. The smallest absolute Gasteiger partial charge is 0.293 e. The first kappa shape index (κ1) is 16.7. The molecule has 0 radical (unpaired) electrons. The Morgan fingerprint density at radius 3 is 2.05 bits per heavy atom. The lowest BCUT2D eigenvalue weighted by Crippen LogP contribution is -2.44. The maximum atomic E-state index is 9.99. The number of amidine groups is 1. The molecular formula is C16H24N4O2. The molecule has 22 heavy (non-hydrogen) atoms. The van der Waals surface area contributed by atoms with E-state index in [1.807, 2.05) is 13.8 Å². The normalized spacial score (nSPS) is 34.7. The Hall–Kier alpha value is -1.63. The van der Waals surface area contributed by atoms with Crippen LogP contribution in [0.5, 0.6) is 0 Å². The van der Waals surface area contributed by atoms with Crippen LogP contribution in [0.4, 0.5) is 0 Å². The molecule has 3 atom stereocenters. The Balaban J connectivity index is 2.63. The Bertz CT molecular complexity index is 551. The summed E-state index contributed by atoms with van der Waals surface area (Å²) in [6, 6.07) is 4.62. The second-order valence-corrected chi connectivity index (χ2v) is 5.84. The molecular weight excluding hydrogens is 280 g/mol. The molecule has 0 aromatic heterocycles. The first-order chi connectivity index (χ1) is 10.5. The average molecular weight is 304 g/mol. The first-order valence-corrected chi connectivity index (χ1v) is 7.97. The molecule has 0 unspecified atom stereocenters. The zero-order chi connectivity index (χ0) is 16.6. The molecule has 6 heteroatoms. The highest BCUT2D eigenvalue weighted by Crippen LogP contribution is 2.80. The van der Waals surface area contributed by atoms with Crippen LogP contribution < -0.4 is 5.73 Å². The van der Waals surface area contributed by atoms with E-state index >= 15 is 0 Å². The van der Waals surface area contributed by atoms with E-state index in [9.17, 15) is 10.5 Å². The lowest BCUT2D eigenvalue weighted by molar-refractivity contribution is -0.258. The number of hydrogen-bond donors (Lipinski definition) is 1. The molecule has 120 valence electrons. The Labute approximate surface area is 131 Å². The summed E-state index contributed by atoms with van der Waals surface area (Å²) in [6.07, 6.45) is 1.74. The van der Waals surface area contributed by atoms with E-state index in [1.54, 1.807) is 0 Å². The molecule has 0 aromatic carbocycles. The Morgan fingerprint density at radius 2 is 1.68 bits per heavy atom.